The second kappa shape index (κ2) is 4.53. The minimum atomic E-state index is -0.221. The summed E-state index contributed by atoms with van der Waals surface area (Å²) in [6, 6.07) is 0. The standard InChI is InChI=1S/C17H24O/c1-6-17(10-18)9-7-8-15-13(4)11(2)12(3)14(5)16(15)17/h10H,6-9H2,1-5H3. The van der Waals surface area contributed by atoms with Gasteiger partial charge in [-0.15, -0.1) is 0 Å². The van der Waals surface area contributed by atoms with Gasteiger partial charge in [-0.2, -0.15) is 0 Å². The Morgan fingerprint density at radius 2 is 1.67 bits per heavy atom. The third-order valence-corrected chi connectivity index (χ3v) is 5.22. The largest absolute Gasteiger partial charge is 0.302 e. The van der Waals surface area contributed by atoms with E-state index in [2.05, 4.69) is 34.6 Å². The van der Waals surface area contributed by atoms with Crippen molar-refractivity contribution >= 4 is 6.29 Å². The zero-order valence-electron chi connectivity index (χ0n) is 12.3. The predicted octanol–water partition coefficient (Wildman–Crippen LogP) is 4.10. The summed E-state index contributed by atoms with van der Waals surface area (Å²) < 4.78 is 0. The van der Waals surface area contributed by atoms with E-state index in [1.165, 1.54) is 39.7 Å². The van der Waals surface area contributed by atoms with Gasteiger partial charge in [0.1, 0.15) is 6.29 Å². The van der Waals surface area contributed by atoms with Crippen LogP contribution < -0.4 is 0 Å². The van der Waals surface area contributed by atoms with Gasteiger partial charge < -0.3 is 4.79 Å². The normalized spacial score (nSPS) is 22.7. The lowest BCUT2D eigenvalue weighted by Crippen LogP contribution is -2.34. The van der Waals surface area contributed by atoms with Crippen LogP contribution in [0.15, 0.2) is 0 Å². The van der Waals surface area contributed by atoms with E-state index < -0.39 is 0 Å². The second-order valence-electron chi connectivity index (χ2n) is 5.83. The van der Waals surface area contributed by atoms with Crippen LogP contribution in [-0.2, 0) is 16.6 Å². The van der Waals surface area contributed by atoms with E-state index in [0.29, 0.717) is 0 Å². The summed E-state index contributed by atoms with van der Waals surface area (Å²) >= 11 is 0. The van der Waals surface area contributed by atoms with Crippen molar-refractivity contribution < 1.29 is 4.79 Å². The monoisotopic (exact) mass is 244 g/mol. The Hall–Kier alpha value is -1.11. The Kier molecular flexibility index (Phi) is 3.35. The average molecular weight is 244 g/mol. The van der Waals surface area contributed by atoms with Gasteiger partial charge in [-0.3, -0.25) is 0 Å². The lowest BCUT2D eigenvalue weighted by molar-refractivity contribution is -0.113. The molecule has 0 spiro atoms. The smallest absolute Gasteiger partial charge is 0.130 e. The van der Waals surface area contributed by atoms with Crippen LogP contribution in [0.2, 0.25) is 0 Å². The lowest BCUT2D eigenvalue weighted by atomic mass is 9.65. The van der Waals surface area contributed by atoms with E-state index in [-0.39, 0.29) is 5.41 Å². The molecule has 2 rings (SSSR count). The van der Waals surface area contributed by atoms with Crippen LogP contribution in [0.4, 0.5) is 0 Å². The van der Waals surface area contributed by atoms with Crippen LogP contribution in [0.3, 0.4) is 0 Å². The molecule has 1 aromatic carbocycles. The van der Waals surface area contributed by atoms with Gasteiger partial charge in [0.2, 0.25) is 0 Å². The average Bonchev–Trinajstić information content (AvgIpc) is 2.41. The highest BCUT2D eigenvalue weighted by Crippen LogP contribution is 2.43. The molecule has 0 N–H and O–H groups in total. The Balaban J connectivity index is 2.83. The van der Waals surface area contributed by atoms with Crippen molar-refractivity contribution in [2.45, 2.75) is 65.7 Å². The van der Waals surface area contributed by atoms with Crippen LogP contribution in [0.5, 0.6) is 0 Å². The summed E-state index contributed by atoms with van der Waals surface area (Å²) in [6.07, 6.45) is 5.43. The van der Waals surface area contributed by atoms with E-state index in [4.69, 9.17) is 0 Å². The summed E-state index contributed by atoms with van der Waals surface area (Å²) in [5.41, 5.74) is 8.12. The topological polar surface area (TPSA) is 17.1 Å². The molecule has 1 aromatic rings. The van der Waals surface area contributed by atoms with Crippen molar-refractivity contribution in [1.29, 1.82) is 0 Å². The summed E-state index contributed by atoms with van der Waals surface area (Å²) in [7, 11) is 0. The molecule has 0 fully saturated rings. The maximum absolute atomic E-state index is 11.7. The van der Waals surface area contributed by atoms with Gasteiger partial charge in [0.15, 0.2) is 0 Å². The quantitative estimate of drug-likeness (QED) is 0.716. The molecule has 0 saturated carbocycles. The van der Waals surface area contributed by atoms with Crippen LogP contribution in [0.1, 0.15) is 59.6 Å². The minimum absolute atomic E-state index is 0.221. The number of carbonyl (C=O) groups is 1. The molecular weight excluding hydrogens is 220 g/mol. The van der Waals surface area contributed by atoms with Crippen molar-refractivity contribution in [3.05, 3.63) is 33.4 Å². The van der Waals surface area contributed by atoms with Crippen LogP contribution in [0.25, 0.3) is 0 Å². The molecule has 0 heterocycles. The molecule has 1 aliphatic carbocycles. The highest BCUT2D eigenvalue weighted by molar-refractivity contribution is 5.73. The van der Waals surface area contributed by atoms with Gasteiger partial charge in [-0.1, -0.05) is 6.92 Å². The summed E-state index contributed by atoms with van der Waals surface area (Å²) in [6.45, 7) is 11.0. The molecule has 98 valence electrons. The molecule has 0 bridgehead atoms. The van der Waals surface area contributed by atoms with E-state index in [1.807, 2.05) is 0 Å². The van der Waals surface area contributed by atoms with E-state index in [9.17, 15) is 4.79 Å². The third kappa shape index (κ3) is 1.64. The Morgan fingerprint density at radius 3 is 2.22 bits per heavy atom. The molecular formula is C17H24O. The summed E-state index contributed by atoms with van der Waals surface area (Å²) in [4.78, 5) is 11.7. The highest BCUT2D eigenvalue weighted by atomic mass is 16.1. The summed E-state index contributed by atoms with van der Waals surface area (Å²) in [5.74, 6) is 0. The third-order valence-electron chi connectivity index (χ3n) is 5.22. The SMILES string of the molecule is CCC1(C=O)CCCc2c(C)c(C)c(C)c(C)c21. The first-order valence-corrected chi connectivity index (χ1v) is 7.04. The van der Waals surface area contributed by atoms with E-state index >= 15 is 0 Å². The molecule has 0 aliphatic heterocycles. The zero-order valence-corrected chi connectivity index (χ0v) is 12.3. The van der Waals surface area contributed by atoms with Gasteiger partial charge in [-0.25, -0.2) is 0 Å². The molecule has 18 heavy (non-hydrogen) atoms. The van der Waals surface area contributed by atoms with Gasteiger partial charge in [-0.05, 0) is 86.8 Å². The minimum Gasteiger partial charge on any atom is -0.302 e. The number of carbonyl (C=O) groups excluding carboxylic acids is 1. The molecule has 1 nitrogen and oxygen atoms in total. The number of hydrogen-bond acceptors (Lipinski definition) is 1. The zero-order chi connectivity index (χ0) is 13.5. The number of fused-ring (bicyclic) bond motifs is 1. The molecule has 1 aliphatic rings. The van der Waals surface area contributed by atoms with E-state index in [1.54, 1.807) is 0 Å². The van der Waals surface area contributed by atoms with Crippen LogP contribution in [0, 0.1) is 27.7 Å². The lowest BCUT2D eigenvalue weighted by Gasteiger charge is -2.37. The van der Waals surface area contributed by atoms with Crippen LogP contribution >= 0.6 is 0 Å². The summed E-state index contributed by atoms with van der Waals surface area (Å²) in [5, 5.41) is 0. The number of benzene rings is 1. The maximum Gasteiger partial charge on any atom is 0.130 e. The predicted molar refractivity (Wildman–Crippen MR) is 76.4 cm³/mol. The van der Waals surface area contributed by atoms with Crippen molar-refractivity contribution in [2.24, 2.45) is 0 Å². The Bertz CT molecular complexity index is 499. The molecule has 1 heteroatoms. The molecule has 0 radical (unpaired) electrons. The molecule has 0 saturated heterocycles. The molecule has 1 unspecified atom stereocenters. The molecule has 1 atom stereocenters. The number of hydrogen-bond donors (Lipinski definition) is 0. The second-order valence-corrected chi connectivity index (χ2v) is 5.83. The van der Waals surface area contributed by atoms with Gasteiger partial charge >= 0.3 is 0 Å². The Morgan fingerprint density at radius 1 is 1.06 bits per heavy atom. The van der Waals surface area contributed by atoms with E-state index in [0.717, 1.165) is 25.7 Å². The fourth-order valence-electron chi connectivity index (χ4n) is 3.64. The van der Waals surface area contributed by atoms with Crippen LogP contribution in [-0.4, -0.2) is 6.29 Å². The fourth-order valence-corrected chi connectivity index (χ4v) is 3.64. The van der Waals surface area contributed by atoms with Gasteiger partial charge in [0.05, 0.1) is 5.41 Å². The fraction of sp³-hybridized carbons (Fsp3) is 0.588. The maximum atomic E-state index is 11.7. The van der Waals surface area contributed by atoms with Gasteiger partial charge in [0, 0.05) is 0 Å². The number of aldehydes is 1. The Labute approximate surface area is 111 Å². The molecule has 0 aromatic heterocycles. The first-order chi connectivity index (χ1) is 8.48. The van der Waals surface area contributed by atoms with Crippen molar-refractivity contribution in [3.63, 3.8) is 0 Å². The first-order valence-electron chi connectivity index (χ1n) is 7.04. The first kappa shape index (κ1) is 13.3. The van der Waals surface area contributed by atoms with Crippen molar-refractivity contribution in [3.8, 4) is 0 Å². The van der Waals surface area contributed by atoms with Gasteiger partial charge in [0.25, 0.3) is 0 Å². The van der Waals surface area contributed by atoms with Crippen molar-refractivity contribution in [2.75, 3.05) is 0 Å². The number of rotatable bonds is 2. The molecule has 0 amide bonds. The van der Waals surface area contributed by atoms with Crippen molar-refractivity contribution in [1.82, 2.24) is 0 Å². The highest BCUT2D eigenvalue weighted by Gasteiger charge is 2.37.